The summed E-state index contributed by atoms with van der Waals surface area (Å²) in [4.78, 5) is 23.9. The Kier molecular flexibility index (Phi) is 7.93. The first-order chi connectivity index (χ1) is 16.4. The van der Waals surface area contributed by atoms with Crippen LogP contribution in [0.15, 0.2) is 53.4 Å². The van der Waals surface area contributed by atoms with Crippen molar-refractivity contribution < 1.29 is 35.9 Å². The van der Waals surface area contributed by atoms with Gasteiger partial charge < -0.3 is 10.1 Å². The van der Waals surface area contributed by atoms with Crippen molar-refractivity contribution in [1.82, 2.24) is 0 Å². The summed E-state index contributed by atoms with van der Waals surface area (Å²) in [5, 5.41) is 1.38. The van der Waals surface area contributed by atoms with Gasteiger partial charge in [0.25, 0.3) is 15.9 Å². The number of hydrogen-bond donors (Lipinski definition) is 2. The molecule has 3 aromatic rings. The van der Waals surface area contributed by atoms with Gasteiger partial charge in [0, 0.05) is 5.69 Å². The van der Waals surface area contributed by atoms with Crippen LogP contribution in [0.1, 0.15) is 15.9 Å². The molecule has 0 aliphatic heterocycles. The van der Waals surface area contributed by atoms with Crippen LogP contribution in [0.4, 0.5) is 24.5 Å². The number of hydrogen-bond acceptors (Lipinski definition) is 5. The zero-order valence-electron chi connectivity index (χ0n) is 17.7. The van der Waals surface area contributed by atoms with E-state index in [2.05, 4.69) is 4.72 Å². The predicted octanol–water partition coefficient (Wildman–Crippen LogP) is 5.32. The average Bonchev–Trinajstić information content (AvgIpc) is 2.77. The van der Waals surface area contributed by atoms with Crippen molar-refractivity contribution in [3.63, 3.8) is 0 Å². The van der Waals surface area contributed by atoms with Gasteiger partial charge in [0.2, 0.25) is 0 Å². The monoisotopic (exact) mass is 546 g/mol. The number of sulfonamides is 1. The van der Waals surface area contributed by atoms with E-state index in [1.807, 2.05) is 5.32 Å². The van der Waals surface area contributed by atoms with E-state index in [4.69, 9.17) is 27.9 Å². The maximum absolute atomic E-state index is 13.7. The summed E-state index contributed by atoms with van der Waals surface area (Å²) >= 11 is 12.0. The molecule has 3 rings (SSSR count). The SMILES string of the molecule is Cc1cccc(NS(=O)(=O)c2cc(C(=O)OCC(=O)Nc3ccc(F)c(F)c3F)c(Cl)cc2Cl)c1. The zero-order chi connectivity index (χ0) is 25.9. The van der Waals surface area contributed by atoms with Crippen LogP contribution in [-0.2, 0) is 19.6 Å². The Morgan fingerprint density at radius 2 is 1.69 bits per heavy atom. The quantitative estimate of drug-likeness (QED) is 0.308. The molecule has 0 aromatic heterocycles. The highest BCUT2D eigenvalue weighted by molar-refractivity contribution is 7.92. The number of benzene rings is 3. The number of carbonyl (C=O) groups is 2. The molecular formula is C22H15Cl2F3N2O5S. The Hall–Kier alpha value is -3.28. The minimum absolute atomic E-state index is 0.251. The molecule has 0 bridgehead atoms. The molecule has 2 N–H and O–H groups in total. The van der Waals surface area contributed by atoms with Gasteiger partial charge in [-0.3, -0.25) is 9.52 Å². The molecule has 3 aromatic carbocycles. The van der Waals surface area contributed by atoms with Crippen LogP contribution in [-0.4, -0.2) is 26.9 Å². The molecule has 0 radical (unpaired) electrons. The molecule has 0 spiro atoms. The van der Waals surface area contributed by atoms with Gasteiger partial charge in [0.1, 0.15) is 4.90 Å². The number of halogens is 5. The Morgan fingerprint density at radius 1 is 0.971 bits per heavy atom. The van der Waals surface area contributed by atoms with Gasteiger partial charge in [-0.05, 0) is 48.9 Å². The summed E-state index contributed by atoms with van der Waals surface area (Å²) < 4.78 is 72.7. The number of nitrogens with one attached hydrogen (secondary N) is 2. The lowest BCUT2D eigenvalue weighted by molar-refractivity contribution is -0.119. The van der Waals surface area contributed by atoms with Gasteiger partial charge in [0.15, 0.2) is 24.1 Å². The number of carbonyl (C=O) groups excluding carboxylic acids is 2. The second-order valence-electron chi connectivity index (χ2n) is 7.08. The van der Waals surface area contributed by atoms with Crippen LogP contribution < -0.4 is 10.0 Å². The van der Waals surface area contributed by atoms with Crippen molar-refractivity contribution in [3.8, 4) is 0 Å². The lowest BCUT2D eigenvalue weighted by Gasteiger charge is -2.13. The minimum Gasteiger partial charge on any atom is -0.452 e. The normalized spacial score (nSPS) is 11.1. The Bertz CT molecular complexity index is 1430. The molecule has 0 aliphatic rings. The summed E-state index contributed by atoms with van der Waals surface area (Å²) in [6.07, 6.45) is 0. The zero-order valence-corrected chi connectivity index (χ0v) is 20.0. The van der Waals surface area contributed by atoms with Gasteiger partial charge in [-0.2, -0.15) is 0 Å². The molecule has 35 heavy (non-hydrogen) atoms. The van der Waals surface area contributed by atoms with Crippen molar-refractivity contribution >= 4 is 56.5 Å². The van der Waals surface area contributed by atoms with Crippen molar-refractivity contribution in [2.24, 2.45) is 0 Å². The Labute approximate surface area is 207 Å². The molecule has 0 saturated heterocycles. The van der Waals surface area contributed by atoms with Gasteiger partial charge in [-0.25, -0.2) is 26.4 Å². The largest absolute Gasteiger partial charge is 0.452 e. The fraction of sp³-hybridized carbons (Fsp3) is 0.0909. The average molecular weight is 547 g/mol. The molecule has 13 heteroatoms. The smallest absolute Gasteiger partial charge is 0.340 e. The molecular weight excluding hydrogens is 532 g/mol. The van der Waals surface area contributed by atoms with Gasteiger partial charge in [0.05, 0.1) is 21.3 Å². The Morgan fingerprint density at radius 3 is 2.37 bits per heavy atom. The molecule has 0 fully saturated rings. The highest BCUT2D eigenvalue weighted by atomic mass is 35.5. The summed E-state index contributed by atoms with van der Waals surface area (Å²) in [7, 11) is -4.25. The van der Waals surface area contributed by atoms with Gasteiger partial charge in [-0.15, -0.1) is 0 Å². The van der Waals surface area contributed by atoms with E-state index >= 15 is 0 Å². The third-order valence-corrected chi connectivity index (χ3v) is 6.60. The molecule has 0 aliphatic carbocycles. The summed E-state index contributed by atoms with van der Waals surface area (Å²) in [5.74, 6) is -7.16. The van der Waals surface area contributed by atoms with E-state index in [0.29, 0.717) is 6.07 Å². The second-order valence-corrected chi connectivity index (χ2v) is 9.55. The standard InChI is InChI=1S/C22H15Cl2F3N2O5S/c1-11-3-2-4-12(7-11)29-35(32,33)18-8-13(14(23)9-15(18)24)22(31)34-10-19(30)28-17-6-5-16(25)20(26)21(17)27/h2-9,29H,10H2,1H3,(H,28,30). The lowest BCUT2D eigenvalue weighted by atomic mass is 10.2. The first-order valence-corrected chi connectivity index (χ1v) is 11.8. The number of amides is 1. The van der Waals surface area contributed by atoms with Crippen LogP contribution in [0, 0.1) is 24.4 Å². The number of rotatable bonds is 7. The van der Waals surface area contributed by atoms with Gasteiger partial charge >= 0.3 is 5.97 Å². The van der Waals surface area contributed by atoms with Crippen LogP contribution in [0.3, 0.4) is 0 Å². The summed E-state index contributed by atoms with van der Waals surface area (Å²) in [6.45, 7) is 0.790. The molecule has 0 atom stereocenters. The van der Waals surface area contributed by atoms with Crippen molar-refractivity contribution in [1.29, 1.82) is 0 Å². The van der Waals surface area contributed by atoms with E-state index in [1.165, 1.54) is 6.07 Å². The van der Waals surface area contributed by atoms with E-state index in [-0.39, 0.29) is 15.7 Å². The van der Waals surface area contributed by atoms with Crippen LogP contribution in [0.5, 0.6) is 0 Å². The fourth-order valence-electron chi connectivity index (χ4n) is 2.83. The van der Waals surface area contributed by atoms with Crippen molar-refractivity contribution in [2.45, 2.75) is 11.8 Å². The third kappa shape index (κ3) is 6.24. The third-order valence-electron chi connectivity index (χ3n) is 4.44. The van der Waals surface area contributed by atoms with Crippen molar-refractivity contribution in [2.75, 3.05) is 16.6 Å². The van der Waals surface area contributed by atoms with Crippen LogP contribution in [0.2, 0.25) is 10.0 Å². The van der Waals surface area contributed by atoms with Crippen molar-refractivity contribution in [3.05, 3.63) is 87.2 Å². The molecule has 184 valence electrons. The van der Waals surface area contributed by atoms with Crippen LogP contribution >= 0.6 is 23.2 Å². The van der Waals surface area contributed by atoms with E-state index in [1.54, 1.807) is 25.1 Å². The molecule has 0 heterocycles. The number of ether oxygens (including phenoxy) is 1. The number of aryl methyl sites for hydroxylation is 1. The number of anilines is 2. The minimum atomic E-state index is -4.25. The molecule has 1 amide bonds. The molecule has 0 saturated carbocycles. The van der Waals surface area contributed by atoms with E-state index in [9.17, 15) is 31.2 Å². The Balaban J connectivity index is 1.76. The molecule has 7 nitrogen and oxygen atoms in total. The number of esters is 1. The highest BCUT2D eigenvalue weighted by Gasteiger charge is 2.24. The highest BCUT2D eigenvalue weighted by Crippen LogP contribution is 2.30. The summed E-state index contributed by atoms with van der Waals surface area (Å²) in [6, 6.07) is 9.75. The maximum atomic E-state index is 13.7. The van der Waals surface area contributed by atoms with E-state index < -0.39 is 62.1 Å². The summed E-state index contributed by atoms with van der Waals surface area (Å²) in [5.41, 5.74) is -0.0583. The first kappa shape index (κ1) is 26.3. The topological polar surface area (TPSA) is 102 Å². The maximum Gasteiger partial charge on any atom is 0.340 e. The predicted molar refractivity (Wildman–Crippen MR) is 124 cm³/mol. The second kappa shape index (κ2) is 10.5. The van der Waals surface area contributed by atoms with E-state index in [0.717, 1.165) is 23.8 Å². The fourth-order valence-corrected chi connectivity index (χ4v) is 4.73. The molecule has 0 unspecified atom stereocenters. The van der Waals surface area contributed by atoms with Crippen LogP contribution in [0.25, 0.3) is 0 Å². The lowest BCUT2D eigenvalue weighted by Crippen LogP contribution is -2.22. The van der Waals surface area contributed by atoms with Gasteiger partial charge in [-0.1, -0.05) is 35.3 Å². The first-order valence-electron chi connectivity index (χ1n) is 9.58.